The third-order valence-electron chi connectivity index (χ3n) is 5.64. The maximum atomic E-state index is 14.3. The molecule has 0 spiro atoms. The molecule has 3 rings (SSSR count). The Morgan fingerprint density at radius 2 is 2.09 bits per heavy atom. The van der Waals surface area contributed by atoms with Gasteiger partial charge < -0.3 is 20.9 Å². The second kappa shape index (κ2) is 9.58. The van der Waals surface area contributed by atoms with Crippen molar-refractivity contribution in [1.82, 2.24) is 14.8 Å². The summed E-state index contributed by atoms with van der Waals surface area (Å²) < 4.78 is 14.3. The summed E-state index contributed by atoms with van der Waals surface area (Å²) in [5.41, 5.74) is 6.41. The number of aromatic nitrogens is 1. The van der Waals surface area contributed by atoms with Crippen LogP contribution < -0.4 is 11.1 Å². The van der Waals surface area contributed by atoms with E-state index in [2.05, 4.69) is 15.2 Å². The molecule has 9 heteroatoms. The van der Waals surface area contributed by atoms with Crippen molar-refractivity contribution in [2.75, 3.05) is 32.5 Å². The molecule has 1 fully saturated rings. The zero-order valence-electron chi connectivity index (χ0n) is 18.2. The highest BCUT2D eigenvalue weighted by Gasteiger charge is 2.28. The number of hydrogen-bond donors (Lipinski definition) is 2. The molecule has 32 heavy (non-hydrogen) atoms. The van der Waals surface area contributed by atoms with Gasteiger partial charge in [-0.2, -0.15) is 5.26 Å². The minimum Gasteiger partial charge on any atom is -0.404 e. The molecule has 1 saturated heterocycles. The van der Waals surface area contributed by atoms with Crippen molar-refractivity contribution < 1.29 is 14.0 Å². The minimum atomic E-state index is -0.698. The molecular formula is C23H25FN6O2. The average Bonchev–Trinajstić information content (AvgIpc) is 3.28. The van der Waals surface area contributed by atoms with Crippen molar-refractivity contribution in [2.24, 2.45) is 5.73 Å². The Morgan fingerprint density at radius 3 is 2.66 bits per heavy atom. The third-order valence-corrected chi connectivity index (χ3v) is 5.64. The second-order valence-electron chi connectivity index (χ2n) is 7.84. The van der Waals surface area contributed by atoms with Crippen molar-refractivity contribution >= 4 is 23.2 Å². The van der Waals surface area contributed by atoms with Gasteiger partial charge in [-0.05, 0) is 56.8 Å². The molecule has 8 nitrogen and oxygen atoms in total. The van der Waals surface area contributed by atoms with Crippen LogP contribution in [0, 0.1) is 24.1 Å². The zero-order valence-corrected chi connectivity index (χ0v) is 18.2. The SMILES string of the molecule is Cc1c(C(=CN)C(=O)Nc2ccc(C(=O)N3CC[C@H](N(C)C)C3)cn2)ccc(C#N)c1F. The second-order valence-corrected chi connectivity index (χ2v) is 7.84. The lowest BCUT2D eigenvalue weighted by Crippen LogP contribution is -2.34. The van der Waals surface area contributed by atoms with E-state index in [1.165, 1.54) is 31.3 Å². The van der Waals surface area contributed by atoms with E-state index in [-0.39, 0.29) is 34.0 Å². The normalized spacial score (nSPS) is 16.2. The van der Waals surface area contributed by atoms with Gasteiger partial charge in [-0.1, -0.05) is 6.07 Å². The summed E-state index contributed by atoms with van der Waals surface area (Å²) in [6, 6.07) is 8.01. The molecule has 0 radical (unpaired) electrons. The lowest BCUT2D eigenvalue weighted by molar-refractivity contribution is -0.111. The Morgan fingerprint density at radius 1 is 1.34 bits per heavy atom. The van der Waals surface area contributed by atoms with Crippen molar-refractivity contribution in [3.63, 3.8) is 0 Å². The highest BCUT2D eigenvalue weighted by atomic mass is 19.1. The smallest absolute Gasteiger partial charge is 0.258 e. The number of nitrogens with one attached hydrogen (secondary N) is 1. The zero-order chi connectivity index (χ0) is 23.4. The molecule has 0 saturated carbocycles. The molecule has 1 aliphatic heterocycles. The molecule has 2 aromatic rings. The fraction of sp³-hybridized carbons (Fsp3) is 0.304. The van der Waals surface area contributed by atoms with Gasteiger partial charge in [0.1, 0.15) is 17.7 Å². The van der Waals surface area contributed by atoms with Crippen molar-refractivity contribution in [2.45, 2.75) is 19.4 Å². The molecular weight excluding hydrogens is 411 g/mol. The topological polar surface area (TPSA) is 115 Å². The predicted octanol–water partition coefficient (Wildman–Crippen LogP) is 2.12. The first-order valence-corrected chi connectivity index (χ1v) is 10.1. The Bertz CT molecular complexity index is 1100. The van der Waals surface area contributed by atoms with Gasteiger partial charge >= 0.3 is 0 Å². The number of nitrogens with zero attached hydrogens (tertiary/aromatic N) is 4. The van der Waals surface area contributed by atoms with Crippen LogP contribution in [0.4, 0.5) is 10.2 Å². The number of carbonyl (C=O) groups is 2. The molecule has 0 unspecified atom stereocenters. The summed E-state index contributed by atoms with van der Waals surface area (Å²) in [6.45, 7) is 2.82. The number of likely N-dealkylation sites (N-methyl/N-ethyl adjacent to an activating group) is 1. The first kappa shape index (κ1) is 22.9. The van der Waals surface area contributed by atoms with Crippen LogP contribution in [0.25, 0.3) is 5.57 Å². The number of hydrogen-bond acceptors (Lipinski definition) is 6. The van der Waals surface area contributed by atoms with Gasteiger partial charge in [0, 0.05) is 31.5 Å². The fourth-order valence-corrected chi connectivity index (χ4v) is 3.66. The van der Waals surface area contributed by atoms with Crippen LogP contribution in [0.3, 0.4) is 0 Å². The number of pyridine rings is 1. The lowest BCUT2D eigenvalue weighted by atomic mass is 9.98. The first-order valence-electron chi connectivity index (χ1n) is 10.1. The van der Waals surface area contributed by atoms with Crippen LogP contribution in [0.2, 0.25) is 0 Å². The number of amides is 2. The van der Waals surface area contributed by atoms with E-state index in [1.54, 1.807) is 17.0 Å². The summed E-state index contributed by atoms with van der Waals surface area (Å²) >= 11 is 0. The van der Waals surface area contributed by atoms with E-state index in [9.17, 15) is 14.0 Å². The Hall–Kier alpha value is -3.77. The number of carbonyl (C=O) groups excluding carboxylic acids is 2. The lowest BCUT2D eigenvalue weighted by Gasteiger charge is -2.20. The van der Waals surface area contributed by atoms with E-state index >= 15 is 0 Å². The number of benzene rings is 1. The van der Waals surface area contributed by atoms with Gasteiger partial charge in [-0.3, -0.25) is 9.59 Å². The number of halogens is 1. The number of nitriles is 1. The van der Waals surface area contributed by atoms with Crippen LogP contribution in [0.1, 0.15) is 33.5 Å². The molecule has 0 aliphatic carbocycles. The molecule has 2 heterocycles. The van der Waals surface area contributed by atoms with E-state index in [0.29, 0.717) is 24.7 Å². The van der Waals surface area contributed by atoms with Crippen molar-refractivity contribution in [3.05, 3.63) is 64.7 Å². The van der Waals surface area contributed by atoms with Gasteiger partial charge in [-0.15, -0.1) is 0 Å². The third kappa shape index (κ3) is 4.60. The number of rotatable bonds is 5. The number of anilines is 1. The van der Waals surface area contributed by atoms with Crippen LogP contribution in [-0.4, -0.2) is 59.8 Å². The molecule has 1 aromatic heterocycles. The maximum Gasteiger partial charge on any atom is 0.258 e. The van der Waals surface area contributed by atoms with Gasteiger partial charge in [0.15, 0.2) is 0 Å². The van der Waals surface area contributed by atoms with Crippen LogP contribution >= 0.6 is 0 Å². The van der Waals surface area contributed by atoms with Gasteiger partial charge in [-0.25, -0.2) is 9.37 Å². The monoisotopic (exact) mass is 436 g/mol. The Balaban J connectivity index is 1.71. The summed E-state index contributed by atoms with van der Waals surface area (Å²) in [4.78, 5) is 33.5. The van der Waals surface area contributed by atoms with Crippen LogP contribution in [0.15, 0.2) is 36.7 Å². The number of likely N-dealkylation sites (tertiary alicyclic amines) is 1. The van der Waals surface area contributed by atoms with Crippen molar-refractivity contribution in [1.29, 1.82) is 5.26 Å². The standard InChI is InChI=1S/C23H25FN6O2/c1-14-18(6-4-15(10-25)21(14)24)19(11-26)22(31)28-20-7-5-16(12-27-20)23(32)30-9-8-17(13-30)29(2)3/h4-7,11-12,17H,8-9,13,26H2,1-3H3,(H,27,28,31)/t17-/m0/s1. The Labute approximate surface area is 186 Å². The van der Waals surface area contributed by atoms with E-state index in [0.717, 1.165) is 12.6 Å². The molecule has 1 aromatic carbocycles. The van der Waals surface area contributed by atoms with Gasteiger partial charge in [0.05, 0.1) is 16.7 Å². The average molecular weight is 436 g/mol. The summed E-state index contributed by atoms with van der Waals surface area (Å²) in [5.74, 6) is -1.16. The van der Waals surface area contributed by atoms with Gasteiger partial charge in [0.25, 0.3) is 11.8 Å². The van der Waals surface area contributed by atoms with Crippen LogP contribution in [0.5, 0.6) is 0 Å². The van der Waals surface area contributed by atoms with Crippen molar-refractivity contribution in [3.8, 4) is 6.07 Å². The summed E-state index contributed by atoms with van der Waals surface area (Å²) in [6.07, 6.45) is 3.42. The molecule has 2 amide bonds. The van der Waals surface area contributed by atoms with Gasteiger partial charge in [0.2, 0.25) is 0 Å². The van der Waals surface area contributed by atoms with E-state index < -0.39 is 11.7 Å². The Kier molecular flexibility index (Phi) is 6.85. The molecule has 3 N–H and O–H groups in total. The molecule has 1 aliphatic rings. The van der Waals surface area contributed by atoms with E-state index in [4.69, 9.17) is 11.0 Å². The predicted molar refractivity (Wildman–Crippen MR) is 119 cm³/mol. The summed E-state index contributed by atoms with van der Waals surface area (Å²) in [5, 5.41) is 11.6. The molecule has 166 valence electrons. The highest BCUT2D eigenvalue weighted by Crippen LogP contribution is 2.24. The van der Waals surface area contributed by atoms with Crippen LogP contribution in [-0.2, 0) is 4.79 Å². The first-order chi connectivity index (χ1) is 15.3. The minimum absolute atomic E-state index is 0.0413. The largest absolute Gasteiger partial charge is 0.404 e. The fourth-order valence-electron chi connectivity index (χ4n) is 3.66. The summed E-state index contributed by atoms with van der Waals surface area (Å²) in [7, 11) is 3.99. The molecule has 0 bridgehead atoms. The quantitative estimate of drug-likeness (QED) is 0.694. The highest BCUT2D eigenvalue weighted by molar-refractivity contribution is 6.25. The number of nitrogens with two attached hydrogens (primary N) is 1. The maximum absolute atomic E-state index is 14.3. The molecule has 1 atom stereocenters. The van der Waals surface area contributed by atoms with E-state index in [1.807, 2.05) is 14.1 Å².